The summed E-state index contributed by atoms with van der Waals surface area (Å²) >= 11 is 0. The van der Waals surface area contributed by atoms with Crippen LogP contribution < -0.4 is 5.32 Å². The van der Waals surface area contributed by atoms with Gasteiger partial charge >= 0.3 is 0 Å². The molecule has 0 radical (unpaired) electrons. The Hall–Kier alpha value is -4.24. The molecular weight excluding hydrogens is 434 g/mol. The summed E-state index contributed by atoms with van der Waals surface area (Å²) in [6.07, 6.45) is 7.51. The predicted molar refractivity (Wildman–Crippen MR) is 138 cm³/mol. The summed E-state index contributed by atoms with van der Waals surface area (Å²) in [7, 11) is 0. The molecule has 0 atom stereocenters. The maximum absolute atomic E-state index is 12.9. The minimum atomic E-state index is 0.0462. The molecule has 4 aromatic rings. The number of aryl methyl sites for hydroxylation is 1. The second-order valence-electron chi connectivity index (χ2n) is 9.05. The largest absolute Gasteiger partial charge is 0.382 e. The van der Waals surface area contributed by atoms with Gasteiger partial charge in [-0.05, 0) is 72.2 Å². The first-order valence-electron chi connectivity index (χ1n) is 11.9. The third kappa shape index (κ3) is 4.99. The van der Waals surface area contributed by atoms with E-state index in [0.717, 1.165) is 51.7 Å². The molecule has 1 aliphatic heterocycles. The molecule has 6 nitrogen and oxygen atoms in total. The molecule has 2 aromatic heterocycles. The Labute approximate surface area is 205 Å². The Balaban J connectivity index is 1.35. The molecular formula is C29H27N5O. The number of benzene rings is 2. The highest BCUT2D eigenvalue weighted by Gasteiger charge is 2.24. The summed E-state index contributed by atoms with van der Waals surface area (Å²) in [5.41, 5.74) is 5.80. The SMILES string of the molecule is Cc1ccc(C(=O)N2CCC(Nc3cc(-c4cccc(CC#N)c4)cc4ccncc34)CC2)cn1. The zero-order chi connectivity index (χ0) is 24.2. The van der Waals surface area contributed by atoms with Crippen LogP contribution in [-0.4, -0.2) is 39.9 Å². The van der Waals surface area contributed by atoms with E-state index < -0.39 is 0 Å². The zero-order valence-electron chi connectivity index (χ0n) is 19.7. The van der Waals surface area contributed by atoms with Gasteiger partial charge in [0.15, 0.2) is 0 Å². The first-order valence-corrected chi connectivity index (χ1v) is 11.9. The molecule has 0 aliphatic carbocycles. The number of fused-ring (bicyclic) bond motifs is 1. The number of aromatic nitrogens is 2. The molecule has 0 spiro atoms. The van der Waals surface area contributed by atoms with Gasteiger partial charge in [-0.15, -0.1) is 0 Å². The van der Waals surface area contributed by atoms with Crippen LogP contribution in [0.2, 0.25) is 0 Å². The van der Waals surface area contributed by atoms with E-state index in [1.807, 2.05) is 54.5 Å². The maximum atomic E-state index is 12.9. The standard InChI is InChI=1S/C29H27N5O/c1-20-5-6-24(18-32-20)29(35)34-13-9-26(10-14-34)33-28-17-25(16-23-8-12-31-19-27(23)28)22-4-2-3-21(15-22)7-11-30/h2-6,8,12,15-19,26,33H,7,9-10,13-14H2,1H3. The second kappa shape index (κ2) is 9.94. The molecule has 1 amide bonds. The van der Waals surface area contributed by atoms with Crippen LogP contribution in [0.3, 0.4) is 0 Å². The number of pyridine rings is 2. The second-order valence-corrected chi connectivity index (χ2v) is 9.05. The number of amides is 1. The molecule has 6 heteroatoms. The Morgan fingerprint density at radius 3 is 2.71 bits per heavy atom. The van der Waals surface area contributed by atoms with Crippen LogP contribution in [0.5, 0.6) is 0 Å². The Morgan fingerprint density at radius 1 is 1.09 bits per heavy atom. The van der Waals surface area contributed by atoms with Crippen molar-refractivity contribution in [1.82, 2.24) is 14.9 Å². The summed E-state index contributed by atoms with van der Waals surface area (Å²) in [5.74, 6) is 0.0462. The van der Waals surface area contributed by atoms with Gasteiger partial charge in [-0.25, -0.2) is 0 Å². The fourth-order valence-electron chi connectivity index (χ4n) is 4.66. The highest BCUT2D eigenvalue weighted by molar-refractivity contribution is 5.97. The summed E-state index contributed by atoms with van der Waals surface area (Å²) in [6, 6.07) is 20.7. The minimum Gasteiger partial charge on any atom is -0.382 e. The van der Waals surface area contributed by atoms with Crippen molar-refractivity contribution >= 4 is 22.4 Å². The Kier molecular flexibility index (Phi) is 6.40. The molecule has 2 aromatic carbocycles. The van der Waals surface area contributed by atoms with Crippen molar-refractivity contribution < 1.29 is 4.79 Å². The first-order chi connectivity index (χ1) is 17.1. The third-order valence-electron chi connectivity index (χ3n) is 6.60. The van der Waals surface area contributed by atoms with Crippen LogP contribution >= 0.6 is 0 Å². The smallest absolute Gasteiger partial charge is 0.255 e. The van der Waals surface area contributed by atoms with E-state index in [0.29, 0.717) is 25.1 Å². The molecule has 1 N–H and O–H groups in total. The number of carbonyl (C=O) groups excluding carboxylic acids is 1. The van der Waals surface area contributed by atoms with Crippen molar-refractivity contribution in [3.05, 3.63) is 90.0 Å². The van der Waals surface area contributed by atoms with Crippen LogP contribution in [0.25, 0.3) is 21.9 Å². The number of anilines is 1. The van der Waals surface area contributed by atoms with E-state index in [4.69, 9.17) is 5.26 Å². The van der Waals surface area contributed by atoms with Gasteiger partial charge in [0.05, 0.1) is 18.1 Å². The van der Waals surface area contributed by atoms with Crippen molar-refractivity contribution in [3.8, 4) is 17.2 Å². The molecule has 35 heavy (non-hydrogen) atoms. The number of hydrogen-bond acceptors (Lipinski definition) is 5. The van der Waals surface area contributed by atoms with Gasteiger partial charge in [-0.1, -0.05) is 24.3 Å². The van der Waals surface area contributed by atoms with Gasteiger partial charge in [-0.2, -0.15) is 5.26 Å². The van der Waals surface area contributed by atoms with E-state index in [1.54, 1.807) is 6.20 Å². The lowest BCUT2D eigenvalue weighted by molar-refractivity contribution is 0.0718. The molecule has 0 bridgehead atoms. The average Bonchev–Trinajstić information content (AvgIpc) is 2.89. The van der Waals surface area contributed by atoms with E-state index in [9.17, 15) is 4.79 Å². The van der Waals surface area contributed by atoms with Crippen molar-refractivity contribution in [2.75, 3.05) is 18.4 Å². The van der Waals surface area contributed by atoms with Crippen LogP contribution in [0, 0.1) is 18.3 Å². The molecule has 5 rings (SSSR count). The van der Waals surface area contributed by atoms with Gasteiger partial charge in [0.2, 0.25) is 0 Å². The molecule has 1 aliphatic rings. The topological polar surface area (TPSA) is 81.9 Å². The molecule has 1 saturated heterocycles. The van der Waals surface area contributed by atoms with Gasteiger partial charge in [0.1, 0.15) is 0 Å². The monoisotopic (exact) mass is 461 g/mol. The number of nitrogens with zero attached hydrogens (tertiary/aromatic N) is 4. The van der Waals surface area contributed by atoms with Gasteiger partial charge in [-0.3, -0.25) is 14.8 Å². The summed E-state index contributed by atoms with van der Waals surface area (Å²) in [5, 5.41) is 15.0. The Bertz CT molecular complexity index is 1400. The molecule has 3 heterocycles. The zero-order valence-corrected chi connectivity index (χ0v) is 19.7. The number of nitriles is 1. The maximum Gasteiger partial charge on any atom is 0.255 e. The van der Waals surface area contributed by atoms with E-state index in [1.165, 1.54) is 0 Å². The lowest BCUT2D eigenvalue weighted by Gasteiger charge is -2.33. The van der Waals surface area contributed by atoms with Gasteiger partial charge < -0.3 is 10.2 Å². The summed E-state index contributed by atoms with van der Waals surface area (Å²) < 4.78 is 0. The van der Waals surface area contributed by atoms with Crippen LogP contribution in [0.15, 0.2) is 73.2 Å². The average molecular weight is 462 g/mol. The van der Waals surface area contributed by atoms with Gasteiger partial charge in [0.25, 0.3) is 5.91 Å². The highest BCUT2D eigenvalue weighted by atomic mass is 16.2. The molecule has 0 saturated carbocycles. The minimum absolute atomic E-state index is 0.0462. The predicted octanol–water partition coefficient (Wildman–Crippen LogP) is 5.39. The number of carbonyl (C=O) groups is 1. The number of hydrogen-bond donors (Lipinski definition) is 1. The van der Waals surface area contributed by atoms with Gasteiger partial charge in [0, 0.05) is 54.5 Å². The Morgan fingerprint density at radius 2 is 1.94 bits per heavy atom. The van der Waals surface area contributed by atoms with Crippen molar-refractivity contribution in [1.29, 1.82) is 5.26 Å². The quantitative estimate of drug-likeness (QED) is 0.431. The van der Waals surface area contributed by atoms with E-state index in [2.05, 4.69) is 45.6 Å². The number of piperidine rings is 1. The number of likely N-dealkylation sites (tertiary alicyclic amines) is 1. The third-order valence-corrected chi connectivity index (χ3v) is 6.60. The van der Waals surface area contributed by atoms with E-state index in [-0.39, 0.29) is 11.9 Å². The normalized spacial score (nSPS) is 14.0. The van der Waals surface area contributed by atoms with Crippen molar-refractivity contribution in [2.45, 2.75) is 32.2 Å². The number of nitrogens with one attached hydrogen (secondary N) is 1. The fraction of sp³-hybridized carbons (Fsp3) is 0.241. The van der Waals surface area contributed by atoms with E-state index >= 15 is 0 Å². The summed E-state index contributed by atoms with van der Waals surface area (Å²) in [4.78, 5) is 23.4. The fourth-order valence-corrected chi connectivity index (χ4v) is 4.66. The lowest BCUT2D eigenvalue weighted by Crippen LogP contribution is -2.42. The first kappa shape index (κ1) is 22.5. The highest BCUT2D eigenvalue weighted by Crippen LogP contribution is 2.32. The molecule has 174 valence electrons. The van der Waals surface area contributed by atoms with Crippen LogP contribution in [0.1, 0.15) is 34.5 Å². The lowest BCUT2D eigenvalue weighted by atomic mass is 9.97. The molecule has 1 fully saturated rings. The van der Waals surface area contributed by atoms with Crippen LogP contribution in [0.4, 0.5) is 5.69 Å². The molecule has 0 unspecified atom stereocenters. The number of rotatable bonds is 5. The van der Waals surface area contributed by atoms with Crippen LogP contribution in [-0.2, 0) is 6.42 Å². The van der Waals surface area contributed by atoms with Crippen molar-refractivity contribution in [3.63, 3.8) is 0 Å². The summed E-state index contributed by atoms with van der Waals surface area (Å²) in [6.45, 7) is 3.33. The van der Waals surface area contributed by atoms with Crippen molar-refractivity contribution in [2.24, 2.45) is 0 Å².